The van der Waals surface area contributed by atoms with Gasteiger partial charge in [-0.15, -0.1) is 0 Å². The Bertz CT molecular complexity index is 1030. The predicted molar refractivity (Wildman–Crippen MR) is 103 cm³/mol. The molecule has 0 spiro atoms. The largest absolute Gasteiger partial charge is 0.507 e. The molecule has 3 aromatic carbocycles. The van der Waals surface area contributed by atoms with E-state index in [9.17, 15) is 20.0 Å². The summed E-state index contributed by atoms with van der Waals surface area (Å²) in [6.45, 7) is -0.00767. The van der Waals surface area contributed by atoms with E-state index in [0.29, 0.717) is 0 Å². The molecule has 3 aromatic rings. The zero-order valence-electron chi connectivity index (χ0n) is 14.1. The summed E-state index contributed by atoms with van der Waals surface area (Å²) in [6, 6.07) is 17.1. The maximum Gasteiger partial charge on any atom is 0.270 e. The van der Waals surface area contributed by atoms with Crippen LogP contribution in [-0.2, 0) is 4.79 Å². The molecule has 136 valence electrons. The summed E-state index contributed by atoms with van der Waals surface area (Å²) in [6.07, 6.45) is 1.15. The standard InChI is InChI=1S/C19H16N4O4/c24-18-9-8-15(23(26)27)10-14(18)11-21-22-19(25)12-20-17-7-3-5-13-4-1-2-6-16(13)17/h1-11,20,24H,12H2,(H,22,25)/b21-11-. The van der Waals surface area contributed by atoms with Crippen LogP contribution in [0.2, 0.25) is 0 Å². The van der Waals surface area contributed by atoms with Crippen LogP contribution < -0.4 is 10.7 Å². The van der Waals surface area contributed by atoms with E-state index in [1.165, 1.54) is 18.2 Å². The number of hydrogen-bond donors (Lipinski definition) is 3. The van der Waals surface area contributed by atoms with Crippen molar-refractivity contribution in [2.75, 3.05) is 11.9 Å². The summed E-state index contributed by atoms with van der Waals surface area (Å²) in [4.78, 5) is 22.1. The Balaban J connectivity index is 1.61. The van der Waals surface area contributed by atoms with Gasteiger partial charge >= 0.3 is 0 Å². The minimum absolute atomic E-state index is 0.00767. The molecule has 8 nitrogen and oxygen atoms in total. The first kappa shape index (κ1) is 17.9. The summed E-state index contributed by atoms with van der Waals surface area (Å²) >= 11 is 0. The maximum absolute atomic E-state index is 11.9. The van der Waals surface area contributed by atoms with Gasteiger partial charge in [-0.2, -0.15) is 5.10 Å². The lowest BCUT2D eigenvalue weighted by Gasteiger charge is -2.08. The first-order chi connectivity index (χ1) is 13.0. The van der Waals surface area contributed by atoms with Crippen LogP contribution in [0.1, 0.15) is 5.56 Å². The first-order valence-corrected chi connectivity index (χ1v) is 8.05. The van der Waals surface area contributed by atoms with Gasteiger partial charge in [0.2, 0.25) is 0 Å². The molecule has 0 heterocycles. The third kappa shape index (κ3) is 4.37. The lowest BCUT2D eigenvalue weighted by Crippen LogP contribution is -2.25. The number of hydrazone groups is 1. The third-order valence-electron chi connectivity index (χ3n) is 3.84. The van der Waals surface area contributed by atoms with Crippen molar-refractivity contribution >= 4 is 34.3 Å². The maximum atomic E-state index is 11.9. The highest BCUT2D eigenvalue weighted by atomic mass is 16.6. The Morgan fingerprint density at radius 2 is 1.93 bits per heavy atom. The second kappa shape index (κ2) is 7.96. The van der Waals surface area contributed by atoms with E-state index in [1.807, 2.05) is 42.5 Å². The van der Waals surface area contributed by atoms with Gasteiger partial charge in [0.15, 0.2) is 0 Å². The van der Waals surface area contributed by atoms with Crippen molar-refractivity contribution < 1.29 is 14.8 Å². The molecule has 0 aromatic heterocycles. The van der Waals surface area contributed by atoms with Crippen LogP contribution in [0.5, 0.6) is 5.75 Å². The number of nitrogens with zero attached hydrogens (tertiary/aromatic N) is 2. The van der Waals surface area contributed by atoms with Gasteiger partial charge in [0, 0.05) is 28.8 Å². The second-order valence-corrected chi connectivity index (χ2v) is 5.67. The Hall–Kier alpha value is -3.94. The number of phenols is 1. The van der Waals surface area contributed by atoms with Gasteiger partial charge in [0.05, 0.1) is 17.7 Å². The third-order valence-corrected chi connectivity index (χ3v) is 3.84. The molecule has 0 bridgehead atoms. The van der Waals surface area contributed by atoms with Gasteiger partial charge < -0.3 is 10.4 Å². The molecule has 27 heavy (non-hydrogen) atoms. The molecule has 3 N–H and O–H groups in total. The number of fused-ring (bicyclic) bond motifs is 1. The van der Waals surface area contributed by atoms with E-state index in [1.54, 1.807) is 0 Å². The van der Waals surface area contributed by atoms with Gasteiger partial charge in [-0.1, -0.05) is 36.4 Å². The van der Waals surface area contributed by atoms with E-state index in [0.717, 1.165) is 22.7 Å². The highest BCUT2D eigenvalue weighted by Gasteiger charge is 2.09. The number of rotatable bonds is 6. The number of nitro benzene ring substituents is 1. The van der Waals surface area contributed by atoms with Crippen molar-refractivity contribution in [1.29, 1.82) is 0 Å². The van der Waals surface area contributed by atoms with Gasteiger partial charge in [0.1, 0.15) is 5.75 Å². The normalized spacial score (nSPS) is 10.8. The fourth-order valence-electron chi connectivity index (χ4n) is 2.53. The average molecular weight is 364 g/mol. The lowest BCUT2D eigenvalue weighted by atomic mass is 10.1. The van der Waals surface area contributed by atoms with Crippen molar-refractivity contribution in [2.24, 2.45) is 5.10 Å². The first-order valence-electron chi connectivity index (χ1n) is 8.05. The molecule has 0 saturated carbocycles. The minimum Gasteiger partial charge on any atom is -0.507 e. The minimum atomic E-state index is -0.580. The van der Waals surface area contributed by atoms with Crippen LogP contribution in [0.4, 0.5) is 11.4 Å². The number of nitro groups is 1. The molecule has 0 atom stereocenters. The molecule has 0 aliphatic rings. The molecule has 8 heteroatoms. The van der Waals surface area contributed by atoms with Crippen molar-refractivity contribution in [3.05, 3.63) is 76.3 Å². The number of non-ortho nitro benzene ring substituents is 1. The number of carbonyl (C=O) groups excluding carboxylic acids is 1. The zero-order chi connectivity index (χ0) is 19.2. The van der Waals surface area contributed by atoms with Crippen molar-refractivity contribution in [3.8, 4) is 5.75 Å². The number of amides is 1. The number of benzene rings is 3. The molecule has 0 radical (unpaired) electrons. The van der Waals surface area contributed by atoms with E-state index in [4.69, 9.17) is 0 Å². The zero-order valence-corrected chi connectivity index (χ0v) is 14.1. The predicted octanol–water partition coefficient (Wildman–Crippen LogP) is 3.02. The highest BCUT2D eigenvalue weighted by Crippen LogP contribution is 2.23. The molecule has 0 aliphatic carbocycles. The molecule has 0 saturated heterocycles. The molecule has 1 amide bonds. The fraction of sp³-hybridized carbons (Fsp3) is 0.0526. The van der Waals surface area contributed by atoms with E-state index in [-0.39, 0.29) is 23.5 Å². The number of aromatic hydroxyl groups is 1. The quantitative estimate of drug-likeness (QED) is 0.353. The number of phenolic OH excluding ortho intramolecular Hbond substituents is 1. The van der Waals surface area contributed by atoms with Crippen LogP contribution in [0, 0.1) is 10.1 Å². The Labute approximate surface area is 154 Å². The molecule has 0 fully saturated rings. The van der Waals surface area contributed by atoms with Crippen LogP contribution >= 0.6 is 0 Å². The number of hydrogen-bond acceptors (Lipinski definition) is 6. The molecule has 0 unspecified atom stereocenters. The average Bonchev–Trinajstić information content (AvgIpc) is 2.67. The van der Waals surface area contributed by atoms with Crippen LogP contribution in [0.25, 0.3) is 10.8 Å². The van der Waals surface area contributed by atoms with Crippen molar-refractivity contribution in [2.45, 2.75) is 0 Å². The summed E-state index contributed by atoms with van der Waals surface area (Å²) in [5, 5.41) is 29.3. The summed E-state index contributed by atoms with van der Waals surface area (Å²) < 4.78 is 0. The fourth-order valence-corrected chi connectivity index (χ4v) is 2.53. The van der Waals surface area contributed by atoms with E-state index in [2.05, 4.69) is 15.8 Å². The van der Waals surface area contributed by atoms with Gasteiger partial charge in [0.25, 0.3) is 11.6 Å². The Kier molecular flexibility index (Phi) is 5.27. The topological polar surface area (TPSA) is 117 Å². The number of anilines is 1. The second-order valence-electron chi connectivity index (χ2n) is 5.67. The van der Waals surface area contributed by atoms with E-state index >= 15 is 0 Å². The van der Waals surface area contributed by atoms with Crippen LogP contribution in [-0.4, -0.2) is 28.7 Å². The van der Waals surface area contributed by atoms with Crippen molar-refractivity contribution in [1.82, 2.24) is 5.43 Å². The summed E-state index contributed by atoms with van der Waals surface area (Å²) in [5.41, 5.74) is 3.08. The Morgan fingerprint density at radius 3 is 2.74 bits per heavy atom. The summed E-state index contributed by atoms with van der Waals surface area (Å²) in [5.74, 6) is -0.573. The lowest BCUT2D eigenvalue weighted by molar-refractivity contribution is -0.384. The molecule has 3 rings (SSSR count). The van der Waals surface area contributed by atoms with Crippen molar-refractivity contribution in [3.63, 3.8) is 0 Å². The smallest absolute Gasteiger partial charge is 0.270 e. The SMILES string of the molecule is O=C(CNc1cccc2ccccc12)N/N=C\c1cc([N+](=O)[O-])ccc1O. The molecule has 0 aliphatic heterocycles. The van der Waals surface area contributed by atoms with Gasteiger partial charge in [-0.3, -0.25) is 14.9 Å². The molecular formula is C19H16N4O4. The number of nitrogens with one attached hydrogen (secondary N) is 2. The monoisotopic (exact) mass is 364 g/mol. The van der Waals surface area contributed by atoms with E-state index < -0.39 is 10.8 Å². The highest BCUT2D eigenvalue weighted by molar-refractivity contribution is 5.95. The molecular weight excluding hydrogens is 348 g/mol. The van der Waals surface area contributed by atoms with Crippen LogP contribution in [0.15, 0.2) is 65.8 Å². The van der Waals surface area contributed by atoms with Gasteiger partial charge in [-0.05, 0) is 17.5 Å². The van der Waals surface area contributed by atoms with Gasteiger partial charge in [-0.25, -0.2) is 5.43 Å². The summed E-state index contributed by atoms with van der Waals surface area (Å²) in [7, 11) is 0. The Morgan fingerprint density at radius 1 is 1.15 bits per heavy atom. The van der Waals surface area contributed by atoms with Crippen LogP contribution in [0.3, 0.4) is 0 Å². The number of carbonyl (C=O) groups is 1.